The van der Waals surface area contributed by atoms with E-state index in [2.05, 4.69) is 15.9 Å². The Balaban J connectivity index is 3.25. The molecule has 0 bridgehead atoms. The van der Waals surface area contributed by atoms with E-state index in [1.54, 1.807) is 53.7 Å². The lowest BCUT2D eigenvalue weighted by Gasteiger charge is -2.29. The highest BCUT2D eigenvalue weighted by atomic mass is 79.9. The lowest BCUT2D eigenvalue weighted by atomic mass is 10.2. The van der Waals surface area contributed by atoms with Crippen molar-refractivity contribution >= 4 is 33.8 Å². The Morgan fingerprint density at radius 3 is 1.74 bits per heavy atom. The van der Waals surface area contributed by atoms with Crippen LogP contribution < -0.4 is 4.90 Å². The van der Waals surface area contributed by atoms with Crippen molar-refractivity contribution in [3.05, 3.63) is 28.2 Å². The molecule has 0 aliphatic heterocycles. The third-order valence-electron chi connectivity index (χ3n) is 2.55. The fraction of sp³-hybridized carbons (Fsp3) is 0.529. The van der Waals surface area contributed by atoms with Gasteiger partial charge < -0.3 is 9.47 Å². The smallest absolute Gasteiger partial charge is 0.424 e. The van der Waals surface area contributed by atoms with E-state index in [1.165, 1.54) is 0 Å². The van der Waals surface area contributed by atoms with Gasteiger partial charge in [0.2, 0.25) is 0 Å². The number of nitrogens with zero attached hydrogens (tertiary/aromatic N) is 1. The molecule has 0 saturated heterocycles. The highest BCUT2D eigenvalue weighted by molar-refractivity contribution is 9.10. The molecular formula is C17H24BrNO4. The van der Waals surface area contributed by atoms with Crippen LogP contribution in [0, 0.1) is 6.92 Å². The maximum Gasteiger partial charge on any atom is 0.424 e. The van der Waals surface area contributed by atoms with Crippen molar-refractivity contribution < 1.29 is 19.1 Å². The Morgan fingerprint density at radius 1 is 0.957 bits per heavy atom. The number of carbonyl (C=O) groups excluding carboxylic acids is 2. The van der Waals surface area contributed by atoms with E-state index in [0.717, 1.165) is 14.9 Å². The molecule has 0 fully saturated rings. The minimum Gasteiger partial charge on any atom is -0.443 e. The minimum absolute atomic E-state index is 0.428. The first-order valence-corrected chi connectivity index (χ1v) is 8.12. The van der Waals surface area contributed by atoms with Gasteiger partial charge in [0.15, 0.2) is 0 Å². The van der Waals surface area contributed by atoms with Gasteiger partial charge in [-0.25, -0.2) is 9.59 Å². The van der Waals surface area contributed by atoms with E-state index in [4.69, 9.17) is 9.47 Å². The zero-order chi connectivity index (χ0) is 18.0. The van der Waals surface area contributed by atoms with Gasteiger partial charge >= 0.3 is 12.2 Å². The Morgan fingerprint density at radius 2 is 1.39 bits per heavy atom. The van der Waals surface area contributed by atoms with Crippen LogP contribution in [0.15, 0.2) is 22.7 Å². The standard InChI is InChI=1S/C17H24BrNO4/c1-11-10-12(18)8-9-13(11)19(14(20)22-16(2,3)4)15(21)23-17(5,6)7/h8-10H,1-7H3. The molecule has 0 aromatic heterocycles. The normalized spacial score (nSPS) is 11.8. The SMILES string of the molecule is Cc1cc(Br)ccc1N(C(=O)OC(C)(C)C)C(=O)OC(C)(C)C. The minimum atomic E-state index is -0.767. The fourth-order valence-corrected chi connectivity index (χ4v) is 2.23. The van der Waals surface area contributed by atoms with E-state index in [-0.39, 0.29) is 0 Å². The van der Waals surface area contributed by atoms with Crippen molar-refractivity contribution in [1.29, 1.82) is 0 Å². The van der Waals surface area contributed by atoms with Crippen LogP contribution in [0.25, 0.3) is 0 Å². The Kier molecular flexibility index (Phi) is 5.85. The van der Waals surface area contributed by atoms with Crippen LogP contribution in [0.2, 0.25) is 0 Å². The molecule has 6 heteroatoms. The Hall–Kier alpha value is -1.56. The summed E-state index contributed by atoms with van der Waals surface area (Å²) >= 11 is 3.37. The van der Waals surface area contributed by atoms with Crippen LogP contribution in [0.5, 0.6) is 0 Å². The predicted molar refractivity (Wildman–Crippen MR) is 93.8 cm³/mol. The van der Waals surface area contributed by atoms with E-state index in [0.29, 0.717) is 5.69 Å². The second-order valence-corrected chi connectivity index (χ2v) is 8.14. The monoisotopic (exact) mass is 385 g/mol. The maximum atomic E-state index is 12.5. The molecule has 1 aromatic carbocycles. The van der Waals surface area contributed by atoms with Crippen LogP contribution in [0.1, 0.15) is 47.1 Å². The van der Waals surface area contributed by atoms with Crippen molar-refractivity contribution in [2.45, 2.75) is 59.7 Å². The quantitative estimate of drug-likeness (QED) is 0.646. The third kappa shape index (κ3) is 6.22. The number of amides is 2. The van der Waals surface area contributed by atoms with Crippen molar-refractivity contribution in [3.8, 4) is 0 Å². The number of halogens is 1. The molecule has 0 saturated carbocycles. The zero-order valence-corrected chi connectivity index (χ0v) is 16.3. The summed E-state index contributed by atoms with van der Waals surface area (Å²) in [6.07, 6.45) is -1.53. The first-order chi connectivity index (χ1) is 10.3. The summed E-state index contributed by atoms with van der Waals surface area (Å²) in [5, 5.41) is 0. The molecule has 0 aliphatic carbocycles. The third-order valence-corrected chi connectivity index (χ3v) is 3.05. The molecule has 2 amide bonds. The van der Waals surface area contributed by atoms with Crippen LogP contribution in [-0.4, -0.2) is 23.4 Å². The number of imide groups is 1. The predicted octanol–water partition coefficient (Wildman–Crippen LogP) is 5.43. The highest BCUT2D eigenvalue weighted by Crippen LogP contribution is 2.27. The van der Waals surface area contributed by atoms with E-state index in [9.17, 15) is 9.59 Å². The molecule has 0 atom stereocenters. The van der Waals surface area contributed by atoms with E-state index >= 15 is 0 Å². The van der Waals surface area contributed by atoms with Gasteiger partial charge in [0, 0.05) is 4.47 Å². The number of benzene rings is 1. The molecule has 1 rings (SSSR count). The first-order valence-electron chi connectivity index (χ1n) is 7.32. The van der Waals surface area contributed by atoms with Gasteiger partial charge in [0.1, 0.15) is 11.2 Å². The average Bonchev–Trinajstić information content (AvgIpc) is 2.27. The van der Waals surface area contributed by atoms with E-state index < -0.39 is 23.4 Å². The van der Waals surface area contributed by atoms with Gasteiger partial charge in [-0.1, -0.05) is 15.9 Å². The van der Waals surface area contributed by atoms with Gasteiger partial charge in [-0.2, -0.15) is 4.90 Å². The molecule has 0 N–H and O–H groups in total. The van der Waals surface area contributed by atoms with Crippen LogP contribution in [0.3, 0.4) is 0 Å². The molecule has 0 aliphatic rings. The molecule has 23 heavy (non-hydrogen) atoms. The summed E-state index contributed by atoms with van der Waals surface area (Å²) in [5.74, 6) is 0. The Labute approximate surface area is 146 Å². The topological polar surface area (TPSA) is 55.8 Å². The number of carbonyl (C=O) groups is 2. The van der Waals surface area contributed by atoms with Crippen LogP contribution in [-0.2, 0) is 9.47 Å². The number of anilines is 1. The molecule has 5 nitrogen and oxygen atoms in total. The number of rotatable bonds is 1. The summed E-state index contributed by atoms with van der Waals surface area (Å²) in [4.78, 5) is 26.0. The second-order valence-electron chi connectivity index (χ2n) is 7.23. The van der Waals surface area contributed by atoms with Gasteiger partial charge in [0.05, 0.1) is 5.69 Å². The summed E-state index contributed by atoms with van der Waals surface area (Å²) in [7, 11) is 0. The summed E-state index contributed by atoms with van der Waals surface area (Å²) in [6, 6.07) is 5.24. The maximum absolute atomic E-state index is 12.5. The van der Waals surface area contributed by atoms with Crippen molar-refractivity contribution in [2.24, 2.45) is 0 Å². The van der Waals surface area contributed by atoms with Crippen molar-refractivity contribution in [1.82, 2.24) is 0 Å². The largest absolute Gasteiger partial charge is 0.443 e. The first kappa shape index (κ1) is 19.5. The van der Waals surface area contributed by atoms with Crippen molar-refractivity contribution in [2.75, 3.05) is 4.90 Å². The molecule has 128 valence electrons. The van der Waals surface area contributed by atoms with Gasteiger partial charge in [-0.3, -0.25) is 0 Å². The molecular weight excluding hydrogens is 362 g/mol. The van der Waals surface area contributed by atoms with E-state index in [1.807, 2.05) is 13.0 Å². The second kappa shape index (κ2) is 6.91. The number of hydrogen-bond acceptors (Lipinski definition) is 4. The molecule has 0 unspecified atom stereocenters. The van der Waals surface area contributed by atoms with Crippen molar-refractivity contribution in [3.63, 3.8) is 0 Å². The highest BCUT2D eigenvalue weighted by Gasteiger charge is 2.33. The fourth-order valence-electron chi connectivity index (χ4n) is 1.76. The van der Waals surface area contributed by atoms with Crippen LogP contribution >= 0.6 is 15.9 Å². The Bertz CT molecular complexity index is 572. The number of hydrogen-bond donors (Lipinski definition) is 0. The number of ether oxygens (including phenoxy) is 2. The van der Waals surface area contributed by atoms with Gasteiger partial charge in [0.25, 0.3) is 0 Å². The molecule has 0 heterocycles. The molecule has 0 spiro atoms. The summed E-state index contributed by atoms with van der Waals surface area (Å²) < 4.78 is 11.6. The average molecular weight is 386 g/mol. The molecule has 0 radical (unpaired) electrons. The zero-order valence-electron chi connectivity index (χ0n) is 14.7. The van der Waals surface area contributed by atoms with Gasteiger partial charge in [-0.05, 0) is 72.2 Å². The summed E-state index contributed by atoms with van der Waals surface area (Å²) in [5.41, 5.74) is -0.269. The lowest BCUT2D eigenvalue weighted by molar-refractivity contribution is 0.0430. The number of aryl methyl sites for hydroxylation is 1. The van der Waals surface area contributed by atoms with Gasteiger partial charge in [-0.15, -0.1) is 0 Å². The molecule has 1 aromatic rings. The van der Waals surface area contributed by atoms with Crippen LogP contribution in [0.4, 0.5) is 15.3 Å². The summed E-state index contributed by atoms with van der Waals surface area (Å²) in [6.45, 7) is 12.3. The lowest BCUT2D eigenvalue weighted by Crippen LogP contribution is -2.44.